The molecule has 0 heterocycles. The Morgan fingerprint density at radius 3 is 1.88 bits per heavy atom. The average Bonchev–Trinajstić information content (AvgIpc) is 2.13. The van der Waals surface area contributed by atoms with Crippen molar-refractivity contribution in [3.8, 4) is 0 Å². The Bertz CT molecular complexity index is 463. The normalized spacial score (nSPS) is 10.2. The molecule has 16 heavy (non-hydrogen) atoms. The average molecular weight is 617 g/mol. The van der Waals surface area contributed by atoms with Crippen LogP contribution in [0.5, 0.6) is 0 Å². The van der Waals surface area contributed by atoms with Gasteiger partial charge >= 0.3 is 143 Å². The van der Waals surface area contributed by atoms with Crippen molar-refractivity contribution in [1.82, 2.24) is 0 Å². The van der Waals surface area contributed by atoms with E-state index in [1.807, 2.05) is 84.6 Å². The maximum atomic E-state index is 11.4. The van der Waals surface area contributed by atoms with Crippen molar-refractivity contribution in [2.45, 2.75) is 0 Å². The van der Waals surface area contributed by atoms with Crippen molar-refractivity contribution in [3.63, 3.8) is 0 Å². The van der Waals surface area contributed by atoms with E-state index in [1.54, 1.807) is 0 Å². The molecule has 4 nitrogen and oxygen atoms in total. The van der Waals surface area contributed by atoms with Gasteiger partial charge in [-0.3, -0.25) is 0 Å². The van der Waals surface area contributed by atoms with Crippen molar-refractivity contribution in [1.29, 1.82) is 0 Å². The minimum absolute atomic E-state index is 0.0912. The number of aromatic carboxylic acids is 1. The summed E-state index contributed by atoms with van der Waals surface area (Å²) < 4.78 is 1.25. The number of rotatable bonds is 2. The fourth-order valence-electron chi connectivity index (χ4n) is 1.06. The van der Waals surface area contributed by atoms with Gasteiger partial charge in [-0.05, 0) is 0 Å². The molecule has 84 valence electrons. The van der Waals surface area contributed by atoms with Crippen LogP contribution in [0.3, 0.4) is 0 Å². The zero-order valence-corrected chi connectivity index (χ0v) is 15.8. The van der Waals surface area contributed by atoms with Gasteiger partial charge in [0.15, 0.2) is 0 Å². The van der Waals surface area contributed by atoms with Gasteiger partial charge in [-0.2, -0.15) is 0 Å². The summed E-state index contributed by atoms with van der Waals surface area (Å²) in [6.45, 7) is 0. The second-order valence-electron chi connectivity index (χ2n) is 2.72. The topological polar surface area (TPSA) is 80.4 Å². The second-order valence-corrected chi connectivity index (χ2v) is 6.80. The molecule has 0 amide bonds. The number of carboxylic acid groups (broad SMARTS) is 1. The van der Waals surface area contributed by atoms with E-state index in [0.29, 0.717) is 22.0 Å². The Balaban J connectivity index is 3.80. The Morgan fingerprint density at radius 1 is 1.06 bits per heavy atom. The van der Waals surface area contributed by atoms with Crippen LogP contribution in [-0.4, -0.2) is 32.5 Å². The molecule has 3 N–H and O–H groups in total. The van der Waals surface area contributed by atoms with Gasteiger partial charge in [0.25, 0.3) is 0 Å². The summed E-state index contributed by atoms with van der Waals surface area (Å²) in [5.74, 6) is -1.08. The third-order valence-corrected chi connectivity index (χ3v) is 5.57. The van der Waals surface area contributed by atoms with Crippen molar-refractivity contribution in [2.75, 3.05) is 5.73 Å². The molecular formula is C8H3AsI3NO3. The van der Waals surface area contributed by atoms with E-state index >= 15 is 0 Å². The van der Waals surface area contributed by atoms with Gasteiger partial charge in [0, 0.05) is 0 Å². The van der Waals surface area contributed by atoms with Crippen molar-refractivity contribution < 1.29 is 14.7 Å². The molecule has 1 aromatic carbocycles. The van der Waals surface area contributed by atoms with E-state index in [4.69, 9.17) is 10.8 Å². The Kier molecular flexibility index (Phi) is 5.33. The predicted octanol–water partition coefficient (Wildman–Crippen LogP) is 2.09. The number of benzene rings is 1. The van der Waals surface area contributed by atoms with E-state index in [0.717, 1.165) is 0 Å². The van der Waals surface area contributed by atoms with Crippen LogP contribution in [0.15, 0.2) is 0 Å². The molecule has 0 saturated carbocycles. The van der Waals surface area contributed by atoms with Crippen LogP contribution in [0, 0.1) is 10.7 Å². The van der Waals surface area contributed by atoms with Crippen LogP contribution in [0.2, 0.25) is 0 Å². The number of nitrogens with two attached hydrogens (primary N) is 1. The first kappa shape index (κ1) is 15.0. The molecule has 8 heteroatoms. The van der Waals surface area contributed by atoms with Gasteiger partial charge in [0.2, 0.25) is 0 Å². The zero-order valence-electron chi connectivity index (χ0n) is 7.42. The van der Waals surface area contributed by atoms with Gasteiger partial charge in [-0.25, -0.2) is 0 Å². The third kappa shape index (κ3) is 2.66. The number of hydrogen-bond donors (Lipinski definition) is 2. The molecule has 0 atom stereocenters. The van der Waals surface area contributed by atoms with E-state index in [-0.39, 0.29) is 10.1 Å². The standard InChI is InChI=1S/C8H3AsI3NO3/c9-7(14)1-3(10)2(8(15)16)5(12)6(13)4(1)11/h13H2,(H,15,16). The Labute approximate surface area is 141 Å². The van der Waals surface area contributed by atoms with Crippen LogP contribution in [-0.2, 0) is 0 Å². The first-order valence-corrected chi connectivity index (χ1v) is 7.89. The second kappa shape index (κ2) is 5.70. The number of nitrogen functional groups attached to an aromatic ring is 1. The minimum atomic E-state index is -1.08. The van der Waals surface area contributed by atoms with E-state index in [2.05, 4.69) is 0 Å². The molecule has 0 unspecified atom stereocenters. The first-order chi connectivity index (χ1) is 7.29. The maximum absolute atomic E-state index is 11.4. The number of carbonyl (C=O) groups is 2. The van der Waals surface area contributed by atoms with Crippen LogP contribution < -0.4 is 5.73 Å². The summed E-state index contributed by atoms with van der Waals surface area (Å²) in [5, 5.41) is 9.08. The number of halogens is 3. The number of carboxylic acids is 1. The fourth-order valence-corrected chi connectivity index (χ4v) is 6.57. The van der Waals surface area contributed by atoms with Crippen LogP contribution in [0.4, 0.5) is 5.69 Å². The van der Waals surface area contributed by atoms with Crippen molar-refractivity contribution in [3.05, 3.63) is 21.8 Å². The fraction of sp³-hybridized carbons (Fsp3) is 0. The quantitative estimate of drug-likeness (QED) is 0.303. The molecule has 0 saturated heterocycles. The van der Waals surface area contributed by atoms with Gasteiger partial charge < -0.3 is 0 Å². The molecule has 1 rings (SSSR count). The summed E-state index contributed by atoms with van der Waals surface area (Å²) in [4.78, 5) is 22.5. The third-order valence-electron chi connectivity index (χ3n) is 1.78. The number of hydrogen-bond acceptors (Lipinski definition) is 3. The van der Waals surface area contributed by atoms with E-state index < -0.39 is 5.97 Å². The van der Waals surface area contributed by atoms with E-state index in [1.165, 1.54) is 0 Å². The van der Waals surface area contributed by atoms with Gasteiger partial charge in [0.05, 0.1) is 0 Å². The Morgan fingerprint density at radius 2 is 1.50 bits per heavy atom. The number of carbonyl (C=O) groups excluding carboxylic acids is 1. The van der Waals surface area contributed by atoms with Gasteiger partial charge in [0.1, 0.15) is 0 Å². The molecule has 0 aliphatic rings. The van der Waals surface area contributed by atoms with Crippen molar-refractivity contribution >= 4 is 101 Å². The molecule has 0 spiro atoms. The van der Waals surface area contributed by atoms with Crippen LogP contribution in [0.1, 0.15) is 20.7 Å². The van der Waals surface area contributed by atoms with Gasteiger partial charge in [-0.15, -0.1) is 0 Å². The van der Waals surface area contributed by atoms with Crippen molar-refractivity contribution in [2.24, 2.45) is 0 Å². The SMILES string of the molecule is Nc1c(I)c(C(=O)O)c(I)c(C(=O)[As])c1I. The predicted molar refractivity (Wildman–Crippen MR) is 86.0 cm³/mol. The molecule has 0 aliphatic carbocycles. The summed E-state index contributed by atoms with van der Waals surface area (Å²) in [7, 11) is 0. The van der Waals surface area contributed by atoms with Gasteiger partial charge in [-0.1, -0.05) is 0 Å². The first-order valence-electron chi connectivity index (χ1n) is 3.71. The number of anilines is 1. The molecule has 1 aromatic rings. The monoisotopic (exact) mass is 617 g/mol. The molecule has 2 radical (unpaired) electrons. The van der Waals surface area contributed by atoms with E-state index in [9.17, 15) is 9.59 Å². The van der Waals surface area contributed by atoms with Crippen LogP contribution >= 0.6 is 67.8 Å². The molecule has 0 aliphatic heterocycles. The summed E-state index contributed by atoms with van der Waals surface area (Å²) in [6.07, 6.45) is 0. The van der Waals surface area contributed by atoms with Crippen LogP contribution in [0.25, 0.3) is 0 Å². The molecule has 0 aromatic heterocycles. The Hall–Kier alpha value is 0.908. The molecular weight excluding hydrogens is 614 g/mol. The summed E-state index contributed by atoms with van der Waals surface area (Å²) in [5.41, 5.74) is 6.58. The molecule has 0 bridgehead atoms. The summed E-state index contributed by atoms with van der Waals surface area (Å²) >= 11 is 7.57. The zero-order chi connectivity index (χ0) is 12.6. The summed E-state index contributed by atoms with van der Waals surface area (Å²) in [6, 6.07) is 0. The molecule has 0 fully saturated rings.